The molecule has 0 aromatic rings. The standard InChI is InChI=1S/C15H22O2/c1-8-12-10(16)7-9-13(12)14(2,3)6-5-11(17)15(8,9)4/h9,11-13,17H,1,5-7H2,2-4H3/t9-,11+,12?,13?,15-/m1/s1. The summed E-state index contributed by atoms with van der Waals surface area (Å²) in [5.74, 6) is 1.12. The third kappa shape index (κ3) is 1.13. The fraction of sp³-hybridized carbons (Fsp3) is 0.800. The molecule has 5 atom stereocenters. The zero-order valence-electron chi connectivity index (χ0n) is 11.0. The number of ketones is 1. The molecule has 94 valence electrons. The van der Waals surface area contributed by atoms with Crippen LogP contribution in [-0.4, -0.2) is 17.0 Å². The summed E-state index contributed by atoms with van der Waals surface area (Å²) in [5, 5.41) is 10.5. The number of carbonyl (C=O) groups is 1. The highest BCUT2D eigenvalue weighted by Crippen LogP contribution is 2.68. The van der Waals surface area contributed by atoms with E-state index in [1.165, 1.54) is 0 Å². The Bertz CT molecular complexity index is 409. The Morgan fingerprint density at radius 2 is 2.00 bits per heavy atom. The molecule has 17 heavy (non-hydrogen) atoms. The van der Waals surface area contributed by atoms with Gasteiger partial charge in [-0.15, -0.1) is 0 Å². The van der Waals surface area contributed by atoms with Crippen molar-refractivity contribution >= 4 is 5.78 Å². The lowest BCUT2D eigenvalue weighted by Crippen LogP contribution is -2.40. The van der Waals surface area contributed by atoms with Crippen molar-refractivity contribution in [3.8, 4) is 0 Å². The van der Waals surface area contributed by atoms with Crippen LogP contribution in [0.15, 0.2) is 12.2 Å². The summed E-state index contributed by atoms with van der Waals surface area (Å²) in [7, 11) is 0. The minimum Gasteiger partial charge on any atom is -0.392 e. The Hall–Kier alpha value is -0.630. The summed E-state index contributed by atoms with van der Waals surface area (Å²) >= 11 is 0. The molecule has 2 unspecified atom stereocenters. The van der Waals surface area contributed by atoms with E-state index in [0.717, 1.165) is 18.4 Å². The van der Waals surface area contributed by atoms with Crippen molar-refractivity contribution in [1.82, 2.24) is 0 Å². The van der Waals surface area contributed by atoms with Gasteiger partial charge in [0.25, 0.3) is 0 Å². The van der Waals surface area contributed by atoms with Gasteiger partial charge in [-0.2, -0.15) is 0 Å². The van der Waals surface area contributed by atoms with Crippen LogP contribution in [0.2, 0.25) is 0 Å². The third-order valence-corrected chi connectivity index (χ3v) is 6.05. The molecular formula is C15H22O2. The molecule has 3 aliphatic rings. The van der Waals surface area contributed by atoms with E-state index < -0.39 is 0 Å². The highest BCUT2D eigenvalue weighted by molar-refractivity contribution is 5.89. The van der Waals surface area contributed by atoms with E-state index in [1.54, 1.807) is 0 Å². The second-order valence-electron chi connectivity index (χ2n) is 7.13. The molecule has 2 heteroatoms. The Labute approximate surface area is 103 Å². The van der Waals surface area contributed by atoms with Crippen molar-refractivity contribution in [2.45, 2.75) is 46.1 Å². The predicted octanol–water partition coefficient (Wildman–Crippen LogP) is 2.56. The van der Waals surface area contributed by atoms with E-state index >= 15 is 0 Å². The van der Waals surface area contributed by atoms with Crippen LogP contribution >= 0.6 is 0 Å². The maximum atomic E-state index is 12.1. The molecule has 4 bridgehead atoms. The van der Waals surface area contributed by atoms with Gasteiger partial charge in [-0.05, 0) is 30.1 Å². The van der Waals surface area contributed by atoms with E-state index in [9.17, 15) is 9.90 Å². The van der Waals surface area contributed by atoms with Gasteiger partial charge in [0, 0.05) is 17.8 Å². The van der Waals surface area contributed by atoms with Crippen LogP contribution in [0.1, 0.15) is 40.0 Å². The molecule has 0 aromatic carbocycles. The molecular weight excluding hydrogens is 212 g/mol. The number of aliphatic hydroxyl groups is 1. The van der Waals surface area contributed by atoms with Crippen molar-refractivity contribution in [3.05, 3.63) is 12.2 Å². The first-order chi connectivity index (χ1) is 7.80. The van der Waals surface area contributed by atoms with Crippen LogP contribution in [-0.2, 0) is 4.79 Å². The molecule has 0 aromatic heterocycles. The first-order valence-electron chi connectivity index (χ1n) is 6.70. The van der Waals surface area contributed by atoms with Gasteiger partial charge in [-0.25, -0.2) is 0 Å². The summed E-state index contributed by atoms with van der Waals surface area (Å²) in [6.07, 6.45) is 2.20. The van der Waals surface area contributed by atoms with Crippen LogP contribution in [0.3, 0.4) is 0 Å². The number of hydrogen-bond acceptors (Lipinski definition) is 2. The molecule has 2 nitrogen and oxygen atoms in total. The molecule has 3 fully saturated rings. The lowest BCUT2D eigenvalue weighted by atomic mass is 9.67. The first kappa shape index (κ1) is 11.5. The molecule has 0 radical (unpaired) electrons. The molecule has 1 N–H and O–H groups in total. The average Bonchev–Trinajstić information content (AvgIpc) is 2.68. The van der Waals surface area contributed by atoms with E-state index in [-0.39, 0.29) is 22.9 Å². The lowest BCUT2D eigenvalue weighted by Gasteiger charge is -2.39. The first-order valence-corrected chi connectivity index (χ1v) is 6.70. The van der Waals surface area contributed by atoms with E-state index in [2.05, 4.69) is 27.4 Å². The summed E-state index contributed by atoms with van der Waals surface area (Å²) < 4.78 is 0. The quantitative estimate of drug-likeness (QED) is 0.654. The molecule has 0 saturated heterocycles. The molecule has 3 rings (SSSR count). The van der Waals surface area contributed by atoms with Crippen LogP contribution in [0.25, 0.3) is 0 Å². The zero-order chi connectivity index (χ0) is 12.6. The Balaban J connectivity index is 2.17. The van der Waals surface area contributed by atoms with Crippen molar-refractivity contribution in [1.29, 1.82) is 0 Å². The van der Waals surface area contributed by atoms with Gasteiger partial charge in [0.2, 0.25) is 0 Å². The maximum Gasteiger partial charge on any atom is 0.140 e. The largest absolute Gasteiger partial charge is 0.392 e. The monoisotopic (exact) mass is 234 g/mol. The van der Waals surface area contributed by atoms with E-state index in [1.807, 2.05) is 0 Å². The second-order valence-corrected chi connectivity index (χ2v) is 7.13. The Morgan fingerprint density at radius 1 is 1.35 bits per heavy atom. The predicted molar refractivity (Wildman–Crippen MR) is 66.4 cm³/mol. The zero-order valence-corrected chi connectivity index (χ0v) is 11.0. The Kier molecular flexibility index (Phi) is 2.04. The minimum atomic E-state index is -0.317. The smallest absolute Gasteiger partial charge is 0.140 e. The molecule has 0 heterocycles. The Morgan fingerprint density at radius 3 is 2.65 bits per heavy atom. The number of hydrogen-bond donors (Lipinski definition) is 1. The van der Waals surface area contributed by atoms with Crippen molar-refractivity contribution in [2.75, 3.05) is 0 Å². The van der Waals surface area contributed by atoms with Gasteiger partial charge in [0.1, 0.15) is 5.78 Å². The second kappa shape index (κ2) is 3.03. The van der Waals surface area contributed by atoms with Crippen molar-refractivity contribution in [2.24, 2.45) is 28.6 Å². The van der Waals surface area contributed by atoms with Crippen molar-refractivity contribution < 1.29 is 9.90 Å². The number of rotatable bonds is 0. The van der Waals surface area contributed by atoms with E-state index in [4.69, 9.17) is 0 Å². The van der Waals surface area contributed by atoms with Gasteiger partial charge in [0.05, 0.1) is 6.10 Å². The van der Waals surface area contributed by atoms with Gasteiger partial charge in [-0.1, -0.05) is 32.9 Å². The molecule has 3 saturated carbocycles. The van der Waals surface area contributed by atoms with Gasteiger partial charge in [-0.3, -0.25) is 4.79 Å². The van der Waals surface area contributed by atoms with Crippen LogP contribution < -0.4 is 0 Å². The number of Topliss-reactive ketones (excluding diaryl/α,β-unsaturated/α-hetero) is 1. The molecule has 3 aliphatic carbocycles. The van der Waals surface area contributed by atoms with Crippen molar-refractivity contribution in [3.63, 3.8) is 0 Å². The summed E-state index contributed by atoms with van der Waals surface area (Å²) in [6, 6.07) is 0. The number of carbonyl (C=O) groups excluding carboxylic acids is 1. The normalized spacial score (nSPS) is 51.8. The third-order valence-electron chi connectivity index (χ3n) is 6.05. The molecule has 0 spiro atoms. The molecule has 0 aliphatic heterocycles. The lowest BCUT2D eigenvalue weighted by molar-refractivity contribution is -0.123. The highest BCUT2D eigenvalue weighted by Gasteiger charge is 2.67. The van der Waals surface area contributed by atoms with Crippen LogP contribution in [0, 0.1) is 28.6 Å². The maximum absolute atomic E-state index is 12.1. The topological polar surface area (TPSA) is 37.3 Å². The molecule has 0 amide bonds. The summed E-state index contributed by atoms with van der Waals surface area (Å²) in [4.78, 5) is 12.1. The van der Waals surface area contributed by atoms with Gasteiger partial charge < -0.3 is 5.11 Å². The highest BCUT2D eigenvalue weighted by atomic mass is 16.3. The summed E-state index contributed by atoms with van der Waals surface area (Å²) in [5.41, 5.74) is 0.959. The van der Waals surface area contributed by atoms with Crippen LogP contribution in [0.4, 0.5) is 0 Å². The summed E-state index contributed by atoms with van der Waals surface area (Å²) in [6.45, 7) is 10.8. The van der Waals surface area contributed by atoms with E-state index in [0.29, 0.717) is 24.0 Å². The van der Waals surface area contributed by atoms with Gasteiger partial charge >= 0.3 is 0 Å². The fourth-order valence-corrected chi connectivity index (χ4v) is 4.90. The minimum absolute atomic E-state index is 0.0231. The average molecular weight is 234 g/mol. The SMILES string of the molecule is C=C1C2C(=O)C[C@@H]3C2C(C)(C)CC[C@H](O)[C@]13C. The van der Waals surface area contributed by atoms with Crippen LogP contribution in [0.5, 0.6) is 0 Å². The number of aliphatic hydroxyl groups excluding tert-OH is 1. The van der Waals surface area contributed by atoms with Gasteiger partial charge in [0.15, 0.2) is 0 Å². The fourth-order valence-electron chi connectivity index (χ4n) is 4.90.